The maximum absolute atomic E-state index is 11.8. The van der Waals surface area contributed by atoms with Crippen LogP contribution < -0.4 is 10.6 Å². The lowest BCUT2D eigenvalue weighted by molar-refractivity contribution is -0.149. The average molecular weight is 358 g/mol. The molecule has 26 heavy (non-hydrogen) atoms. The first kappa shape index (κ1) is 19.2. The topological polar surface area (TPSA) is 97.6 Å². The number of esters is 1. The van der Waals surface area contributed by atoms with E-state index in [9.17, 15) is 14.4 Å². The predicted molar refractivity (Wildman–Crippen MR) is 93.7 cm³/mol. The summed E-state index contributed by atoms with van der Waals surface area (Å²) in [7, 11) is 0. The van der Waals surface area contributed by atoms with Gasteiger partial charge in [0.05, 0.1) is 25.3 Å². The van der Waals surface area contributed by atoms with Crippen LogP contribution in [0.5, 0.6) is 0 Å². The second kappa shape index (κ2) is 10.0. The summed E-state index contributed by atoms with van der Waals surface area (Å²) in [6.45, 7) is 1.74. The Labute approximate surface area is 151 Å². The number of carbonyl (C=O) groups is 3. The van der Waals surface area contributed by atoms with Crippen LogP contribution in [0.2, 0.25) is 0 Å². The molecular formula is C19H22N2O5. The standard InChI is InChI=1S/C19H22N2O5/c1-14(15-6-3-2-4-7-15)21-18(23)13-26-19(24)10-9-17(22)20-12-16-8-5-11-25-16/h2-8,11,14H,9-10,12-13H2,1H3,(H,20,22)(H,21,23)/t14-/m0/s1. The minimum atomic E-state index is -0.597. The van der Waals surface area contributed by atoms with Gasteiger partial charge in [0, 0.05) is 6.42 Å². The highest BCUT2D eigenvalue weighted by atomic mass is 16.5. The van der Waals surface area contributed by atoms with Crippen molar-refractivity contribution < 1.29 is 23.5 Å². The molecule has 0 aliphatic rings. The van der Waals surface area contributed by atoms with Gasteiger partial charge >= 0.3 is 5.97 Å². The quantitative estimate of drug-likeness (QED) is 0.669. The van der Waals surface area contributed by atoms with Crippen LogP contribution in [-0.2, 0) is 25.7 Å². The van der Waals surface area contributed by atoms with Crippen LogP contribution >= 0.6 is 0 Å². The van der Waals surface area contributed by atoms with E-state index in [0.29, 0.717) is 5.76 Å². The van der Waals surface area contributed by atoms with Crippen molar-refractivity contribution >= 4 is 17.8 Å². The summed E-state index contributed by atoms with van der Waals surface area (Å²) in [4.78, 5) is 35.1. The van der Waals surface area contributed by atoms with E-state index in [-0.39, 0.29) is 37.9 Å². The van der Waals surface area contributed by atoms with Crippen LogP contribution in [0.4, 0.5) is 0 Å². The Hall–Kier alpha value is -3.09. The summed E-state index contributed by atoms with van der Waals surface area (Å²) in [5.74, 6) is -0.650. The Morgan fingerprint density at radius 2 is 1.81 bits per heavy atom. The molecule has 1 heterocycles. The highest BCUT2D eigenvalue weighted by Crippen LogP contribution is 2.10. The van der Waals surface area contributed by atoms with Crippen molar-refractivity contribution in [3.8, 4) is 0 Å². The Kier molecular flexibility index (Phi) is 7.42. The maximum Gasteiger partial charge on any atom is 0.306 e. The zero-order valence-electron chi connectivity index (χ0n) is 14.6. The van der Waals surface area contributed by atoms with E-state index < -0.39 is 11.9 Å². The first-order valence-corrected chi connectivity index (χ1v) is 8.33. The maximum atomic E-state index is 11.8. The van der Waals surface area contributed by atoms with Gasteiger partial charge in [0.15, 0.2) is 6.61 Å². The molecule has 2 N–H and O–H groups in total. The van der Waals surface area contributed by atoms with Crippen LogP contribution in [0.3, 0.4) is 0 Å². The summed E-state index contributed by atoms with van der Waals surface area (Å²) in [5, 5.41) is 5.38. The minimum Gasteiger partial charge on any atom is -0.467 e. The molecule has 1 aromatic carbocycles. The monoisotopic (exact) mass is 358 g/mol. The Bertz CT molecular complexity index is 713. The van der Waals surface area contributed by atoms with Crippen molar-refractivity contribution in [1.29, 1.82) is 0 Å². The SMILES string of the molecule is C[C@H](NC(=O)COC(=O)CCC(=O)NCc1ccco1)c1ccccc1. The van der Waals surface area contributed by atoms with Gasteiger partial charge in [-0.15, -0.1) is 0 Å². The van der Waals surface area contributed by atoms with Crippen LogP contribution in [0.1, 0.15) is 37.1 Å². The summed E-state index contributed by atoms with van der Waals surface area (Å²) < 4.78 is 9.98. The first-order chi connectivity index (χ1) is 12.5. The number of benzene rings is 1. The third-order valence-electron chi connectivity index (χ3n) is 3.64. The van der Waals surface area contributed by atoms with Crippen LogP contribution in [0, 0.1) is 0 Å². The number of nitrogens with one attached hydrogen (secondary N) is 2. The van der Waals surface area contributed by atoms with Crippen LogP contribution in [0.15, 0.2) is 53.1 Å². The summed E-state index contributed by atoms with van der Waals surface area (Å²) >= 11 is 0. The lowest BCUT2D eigenvalue weighted by atomic mass is 10.1. The molecule has 2 amide bonds. The number of rotatable bonds is 9. The number of amides is 2. The molecule has 0 aliphatic heterocycles. The molecule has 0 aliphatic carbocycles. The third-order valence-corrected chi connectivity index (χ3v) is 3.64. The summed E-state index contributed by atoms with van der Waals surface area (Å²) in [5.41, 5.74) is 0.959. The van der Waals surface area contributed by atoms with Crippen molar-refractivity contribution in [2.24, 2.45) is 0 Å². The van der Waals surface area contributed by atoms with Crippen molar-refractivity contribution in [3.63, 3.8) is 0 Å². The molecule has 0 saturated heterocycles. The number of carbonyl (C=O) groups excluding carboxylic acids is 3. The molecule has 0 saturated carbocycles. The van der Waals surface area contributed by atoms with E-state index in [1.165, 1.54) is 6.26 Å². The van der Waals surface area contributed by atoms with Gasteiger partial charge in [-0.05, 0) is 24.6 Å². The second-order valence-corrected chi connectivity index (χ2v) is 5.72. The van der Waals surface area contributed by atoms with Crippen molar-refractivity contribution in [2.45, 2.75) is 32.4 Å². The first-order valence-electron chi connectivity index (χ1n) is 8.33. The van der Waals surface area contributed by atoms with Gasteiger partial charge < -0.3 is 19.8 Å². The molecule has 0 bridgehead atoms. The summed E-state index contributed by atoms with van der Waals surface area (Å²) in [6.07, 6.45) is 1.41. The van der Waals surface area contributed by atoms with E-state index in [4.69, 9.17) is 9.15 Å². The lowest BCUT2D eigenvalue weighted by Gasteiger charge is -2.14. The van der Waals surface area contributed by atoms with Gasteiger partial charge in [-0.3, -0.25) is 14.4 Å². The predicted octanol–water partition coefficient (Wildman–Crippen LogP) is 2.10. The molecule has 0 radical (unpaired) electrons. The van der Waals surface area contributed by atoms with Gasteiger partial charge in [0.25, 0.3) is 5.91 Å². The zero-order chi connectivity index (χ0) is 18.8. The molecule has 2 rings (SSSR count). The van der Waals surface area contributed by atoms with E-state index >= 15 is 0 Å². The van der Waals surface area contributed by atoms with Gasteiger partial charge in [0.1, 0.15) is 5.76 Å². The minimum absolute atomic E-state index is 0.0123. The number of hydrogen-bond acceptors (Lipinski definition) is 5. The van der Waals surface area contributed by atoms with Crippen LogP contribution in [0.25, 0.3) is 0 Å². The van der Waals surface area contributed by atoms with E-state index in [1.54, 1.807) is 12.1 Å². The molecule has 0 fully saturated rings. The highest BCUT2D eigenvalue weighted by Gasteiger charge is 2.13. The third kappa shape index (κ3) is 6.80. The Balaban J connectivity index is 1.60. The Morgan fingerprint density at radius 3 is 2.50 bits per heavy atom. The fraction of sp³-hybridized carbons (Fsp3) is 0.316. The normalized spacial score (nSPS) is 11.4. The summed E-state index contributed by atoms with van der Waals surface area (Å²) in [6, 6.07) is 12.7. The van der Waals surface area contributed by atoms with Crippen LogP contribution in [-0.4, -0.2) is 24.4 Å². The number of furan rings is 1. The van der Waals surface area contributed by atoms with E-state index in [1.807, 2.05) is 37.3 Å². The molecule has 0 unspecified atom stereocenters. The fourth-order valence-electron chi connectivity index (χ4n) is 2.23. The number of ether oxygens (including phenoxy) is 1. The molecular weight excluding hydrogens is 336 g/mol. The van der Waals surface area contributed by atoms with Crippen molar-refractivity contribution in [3.05, 3.63) is 60.1 Å². The average Bonchev–Trinajstić information content (AvgIpc) is 3.17. The lowest BCUT2D eigenvalue weighted by Crippen LogP contribution is -2.31. The van der Waals surface area contributed by atoms with Gasteiger partial charge in [-0.1, -0.05) is 30.3 Å². The largest absolute Gasteiger partial charge is 0.467 e. The Morgan fingerprint density at radius 1 is 1.04 bits per heavy atom. The highest BCUT2D eigenvalue weighted by molar-refractivity contribution is 5.83. The molecule has 138 valence electrons. The zero-order valence-corrected chi connectivity index (χ0v) is 14.6. The smallest absolute Gasteiger partial charge is 0.306 e. The molecule has 0 spiro atoms. The van der Waals surface area contributed by atoms with Gasteiger partial charge in [-0.2, -0.15) is 0 Å². The fourth-order valence-corrected chi connectivity index (χ4v) is 2.23. The molecule has 7 heteroatoms. The number of hydrogen-bond donors (Lipinski definition) is 2. The molecule has 7 nitrogen and oxygen atoms in total. The van der Waals surface area contributed by atoms with Gasteiger partial charge in [0.2, 0.25) is 5.91 Å². The molecule has 1 aromatic heterocycles. The van der Waals surface area contributed by atoms with Crippen molar-refractivity contribution in [2.75, 3.05) is 6.61 Å². The van der Waals surface area contributed by atoms with E-state index in [0.717, 1.165) is 5.56 Å². The van der Waals surface area contributed by atoms with Gasteiger partial charge in [-0.25, -0.2) is 0 Å². The second-order valence-electron chi connectivity index (χ2n) is 5.72. The molecule has 1 atom stereocenters. The van der Waals surface area contributed by atoms with E-state index in [2.05, 4.69) is 10.6 Å². The van der Waals surface area contributed by atoms with Crippen molar-refractivity contribution in [1.82, 2.24) is 10.6 Å². The molecule has 2 aromatic rings.